The Balaban J connectivity index is 0.841. The number of furan rings is 1. The lowest BCUT2D eigenvalue weighted by Crippen LogP contribution is -2.62. The Labute approximate surface area is 386 Å². The van der Waals surface area contributed by atoms with Crippen molar-refractivity contribution in [3.05, 3.63) is 35.3 Å². The number of hydrogen-bond donors (Lipinski definition) is 4. The fourth-order valence-corrected chi connectivity index (χ4v) is 12.2. The van der Waals surface area contributed by atoms with E-state index in [0.717, 1.165) is 17.7 Å². The zero-order valence-electron chi connectivity index (χ0n) is 39.6. The van der Waals surface area contributed by atoms with Gasteiger partial charge in [0.25, 0.3) is 0 Å². The molecule has 4 N–H and O–H groups in total. The maximum Gasteiger partial charge on any atom is 0.187 e. The number of rotatable bonds is 13. The van der Waals surface area contributed by atoms with Crippen LogP contribution < -0.4 is 0 Å². The van der Waals surface area contributed by atoms with Crippen LogP contribution >= 0.6 is 0 Å². The summed E-state index contributed by atoms with van der Waals surface area (Å²) in [5.74, 6) is 0.967. The topological polar surface area (TPSA) is 230 Å². The fraction of sp³-hybridized carbons (Fsp3) is 0.833. The van der Waals surface area contributed by atoms with Gasteiger partial charge in [-0.15, -0.1) is 0 Å². The average molecular weight is 937 g/mol. The normalized spacial score (nSPS) is 47.8. The van der Waals surface area contributed by atoms with Crippen molar-refractivity contribution in [1.82, 2.24) is 0 Å². The van der Waals surface area contributed by atoms with Crippen LogP contribution in [0.15, 0.2) is 28.4 Å². The number of allylic oxidation sites excluding steroid dienone is 1. The Morgan fingerprint density at radius 1 is 0.742 bits per heavy atom. The highest BCUT2D eigenvalue weighted by molar-refractivity contribution is 5.94. The van der Waals surface area contributed by atoms with Crippen LogP contribution in [0.5, 0.6) is 0 Å². The molecule has 1 aromatic rings. The largest absolute Gasteiger partial charge is 0.469 e. The number of ether oxygens (including phenoxy) is 11. The number of Topliss-reactive ketones (excluding diaryl/α,β-unsaturated/α-hetero) is 2. The minimum Gasteiger partial charge on any atom is -0.469 e. The Bertz CT molecular complexity index is 1870. The molecule has 0 amide bonds. The van der Waals surface area contributed by atoms with Crippen molar-refractivity contribution in [3.8, 4) is 0 Å². The number of carbonyl (C=O) groups excluding carboxylic acids is 2. The van der Waals surface area contributed by atoms with E-state index in [0.29, 0.717) is 38.5 Å². The summed E-state index contributed by atoms with van der Waals surface area (Å²) in [6.07, 6.45) is -7.21. The summed E-state index contributed by atoms with van der Waals surface area (Å²) in [5, 5.41) is 40.7. The Kier molecular flexibility index (Phi) is 15.4. The van der Waals surface area contributed by atoms with Gasteiger partial charge in [-0.1, -0.05) is 18.6 Å². The molecule has 66 heavy (non-hydrogen) atoms. The third-order valence-electron chi connectivity index (χ3n) is 16.1. The van der Waals surface area contributed by atoms with Gasteiger partial charge in [0.05, 0.1) is 54.9 Å². The van der Waals surface area contributed by atoms with Crippen LogP contribution in [-0.4, -0.2) is 171 Å². The third-order valence-corrected chi connectivity index (χ3v) is 16.1. The number of aliphatic hydroxyl groups excluding tert-OH is 4. The Morgan fingerprint density at radius 3 is 1.80 bits per heavy atom. The molecule has 18 nitrogen and oxygen atoms in total. The van der Waals surface area contributed by atoms with Crippen LogP contribution in [0.1, 0.15) is 97.3 Å². The van der Waals surface area contributed by atoms with Gasteiger partial charge in [-0.25, -0.2) is 0 Å². The quantitative estimate of drug-likeness (QED) is 0.209. The summed E-state index contributed by atoms with van der Waals surface area (Å²) in [4.78, 5) is 28.2. The van der Waals surface area contributed by atoms with Crippen LogP contribution in [0.2, 0.25) is 0 Å². The Hall–Kier alpha value is -2.24. The zero-order chi connectivity index (χ0) is 47.4. The van der Waals surface area contributed by atoms with Gasteiger partial charge in [-0.05, 0) is 71.3 Å². The van der Waals surface area contributed by atoms with E-state index in [1.807, 2.05) is 33.8 Å². The van der Waals surface area contributed by atoms with E-state index >= 15 is 0 Å². The second-order valence-electron chi connectivity index (χ2n) is 20.0. The molecule has 0 aromatic carbocycles. The molecule has 4 saturated heterocycles. The second kappa shape index (κ2) is 20.2. The first-order valence-electron chi connectivity index (χ1n) is 23.7. The molecule has 0 radical (unpaired) electrons. The number of fused-ring (bicyclic) bond motifs is 3. The van der Waals surface area contributed by atoms with Gasteiger partial charge >= 0.3 is 0 Å². The summed E-state index contributed by atoms with van der Waals surface area (Å²) in [5.41, 5.74) is 1.14. The summed E-state index contributed by atoms with van der Waals surface area (Å²) < 4.78 is 73.6. The first kappa shape index (κ1) is 50.2. The van der Waals surface area contributed by atoms with E-state index in [1.165, 1.54) is 12.7 Å². The molecule has 4 aliphatic heterocycles. The first-order valence-corrected chi connectivity index (χ1v) is 23.7. The minimum absolute atomic E-state index is 0.0180. The molecule has 18 heteroatoms. The van der Waals surface area contributed by atoms with Crippen molar-refractivity contribution < 1.29 is 86.5 Å². The second-order valence-corrected chi connectivity index (χ2v) is 20.0. The first-order chi connectivity index (χ1) is 31.4. The predicted octanol–water partition coefficient (Wildman–Crippen LogP) is 2.93. The molecule has 2 saturated carbocycles. The van der Waals surface area contributed by atoms with Gasteiger partial charge in [0.2, 0.25) is 0 Å². The molecule has 6 fully saturated rings. The number of hydrogen-bond acceptors (Lipinski definition) is 18. The highest BCUT2D eigenvalue weighted by Crippen LogP contribution is 2.58. The number of aliphatic hydroxyl groups is 4. The number of ketones is 2. The number of methoxy groups -OCH3 is 3. The molecule has 372 valence electrons. The Morgan fingerprint density at radius 2 is 1.29 bits per heavy atom. The predicted molar refractivity (Wildman–Crippen MR) is 230 cm³/mol. The standard InChI is InChI=1S/C48H72O18/c1-22-28(13-15-58-22)47(5)14-12-29-27(45(47)54)11-10-26-16-31(30(50)20-48(26,29)6)62-36-17-32(55-7)42(23(2)59-36)64-37-18-33(56-8)43(24(3)60-37)65-38-19-34(57-9)44(25(4)61-38)66-46-41(53)40(52)39(51)35(21-49)63-46/h10,13,15,23-25,27,29,31-44,46,49,51-53H,11-12,14,16-21H2,1-9H3/t23-,24+,25-,27-,29+,31-,32+,33-,34+,35-,36+,37+,38+,39-,40+,41-,42-,43+,44-,46+,47-,48+/m1/s1. The molecule has 0 unspecified atom stereocenters. The van der Waals surface area contributed by atoms with Crippen molar-refractivity contribution in [2.24, 2.45) is 17.3 Å². The van der Waals surface area contributed by atoms with Gasteiger partial charge in [-0.3, -0.25) is 9.59 Å². The lowest BCUT2D eigenvalue weighted by Gasteiger charge is -2.54. The monoisotopic (exact) mass is 936 g/mol. The van der Waals surface area contributed by atoms with E-state index in [2.05, 4.69) is 13.0 Å². The van der Waals surface area contributed by atoms with Crippen molar-refractivity contribution in [1.29, 1.82) is 0 Å². The van der Waals surface area contributed by atoms with Crippen LogP contribution in [0.3, 0.4) is 0 Å². The smallest absolute Gasteiger partial charge is 0.187 e. The molecule has 5 heterocycles. The molecule has 8 rings (SSSR count). The maximum atomic E-state index is 14.2. The lowest BCUT2D eigenvalue weighted by atomic mass is 9.49. The summed E-state index contributed by atoms with van der Waals surface area (Å²) in [6.45, 7) is 11.1. The van der Waals surface area contributed by atoms with Crippen molar-refractivity contribution in [2.45, 2.75) is 209 Å². The van der Waals surface area contributed by atoms with E-state index in [1.54, 1.807) is 27.4 Å². The highest BCUT2D eigenvalue weighted by atomic mass is 16.8. The van der Waals surface area contributed by atoms with E-state index in [9.17, 15) is 30.0 Å². The van der Waals surface area contributed by atoms with Crippen LogP contribution in [-0.2, 0) is 67.1 Å². The van der Waals surface area contributed by atoms with Gasteiger partial charge < -0.3 is 76.9 Å². The SMILES string of the molecule is CO[C@H]1C[C@H](O[C@@H]2CC3=CC[C@H]4C(=O)[C@@](C)(c5ccoc5C)CC[C@@H]4[C@@]3(C)CC2=O)O[C@H](C)[C@H]1O[C@H]1C[C@@H](OC)[C@@H](O[C@H]2C[C@H](OC)[C@H](O[C@@H]3O[C@H](CO)[C@@H](O)[C@H](O)[C@H]3O)[C@@H](C)O2)[C@H](C)O1. The van der Waals surface area contributed by atoms with Crippen molar-refractivity contribution >= 4 is 11.6 Å². The molecule has 3 aliphatic carbocycles. The van der Waals surface area contributed by atoms with Crippen LogP contribution in [0.25, 0.3) is 0 Å². The molecular formula is C48H72O18. The summed E-state index contributed by atoms with van der Waals surface area (Å²) in [7, 11) is 4.73. The third kappa shape index (κ3) is 9.40. The van der Waals surface area contributed by atoms with Crippen molar-refractivity contribution in [3.63, 3.8) is 0 Å². The average Bonchev–Trinajstić information content (AvgIpc) is 3.73. The lowest BCUT2D eigenvalue weighted by molar-refractivity contribution is -0.357. The fourth-order valence-electron chi connectivity index (χ4n) is 12.2. The van der Waals surface area contributed by atoms with E-state index in [-0.39, 0.29) is 29.8 Å². The van der Waals surface area contributed by atoms with Gasteiger partial charge in [0.1, 0.15) is 60.4 Å². The van der Waals surface area contributed by atoms with Crippen molar-refractivity contribution in [2.75, 3.05) is 27.9 Å². The van der Waals surface area contributed by atoms with Crippen LogP contribution in [0.4, 0.5) is 0 Å². The molecule has 0 bridgehead atoms. The number of carbonyl (C=O) groups is 2. The molecule has 1 aromatic heterocycles. The molecule has 0 spiro atoms. The van der Waals surface area contributed by atoms with Crippen LogP contribution in [0, 0.1) is 24.2 Å². The van der Waals surface area contributed by atoms with Gasteiger partial charge in [0, 0.05) is 64.9 Å². The van der Waals surface area contributed by atoms with Gasteiger partial charge in [-0.2, -0.15) is 0 Å². The number of aryl methyl sites for hydroxylation is 1. The molecule has 22 atom stereocenters. The maximum absolute atomic E-state index is 14.2. The summed E-state index contributed by atoms with van der Waals surface area (Å²) in [6, 6.07) is 1.93. The van der Waals surface area contributed by atoms with E-state index in [4.69, 9.17) is 56.5 Å². The highest BCUT2D eigenvalue weighted by Gasteiger charge is 2.58. The zero-order valence-corrected chi connectivity index (χ0v) is 39.6. The minimum atomic E-state index is -1.59. The molecular weight excluding hydrogens is 865 g/mol. The summed E-state index contributed by atoms with van der Waals surface area (Å²) >= 11 is 0. The molecule has 7 aliphatic rings. The van der Waals surface area contributed by atoms with E-state index < -0.39 is 128 Å². The van der Waals surface area contributed by atoms with Gasteiger partial charge in [0.15, 0.2) is 30.9 Å².